The van der Waals surface area contributed by atoms with Crippen molar-refractivity contribution in [1.29, 1.82) is 0 Å². The summed E-state index contributed by atoms with van der Waals surface area (Å²) in [6.45, 7) is 2.24. The molecule has 3 atom stereocenters. The quantitative estimate of drug-likeness (QED) is 0.854. The van der Waals surface area contributed by atoms with E-state index in [2.05, 4.69) is 53.5 Å². The lowest BCUT2D eigenvalue weighted by Gasteiger charge is -2.31. The van der Waals surface area contributed by atoms with Crippen LogP contribution in [0.5, 0.6) is 0 Å². The summed E-state index contributed by atoms with van der Waals surface area (Å²) >= 11 is 11.6. The molecule has 2 nitrogen and oxygen atoms in total. The number of fused-ring (bicyclic) bond motifs is 1. The highest BCUT2D eigenvalue weighted by Crippen LogP contribution is 2.27. The maximum Gasteiger partial charge on any atom is 0.170 e. The van der Waals surface area contributed by atoms with Gasteiger partial charge in [0.15, 0.2) is 5.11 Å². The van der Waals surface area contributed by atoms with Gasteiger partial charge in [0.05, 0.1) is 12.1 Å². The van der Waals surface area contributed by atoms with E-state index < -0.39 is 0 Å². The molecule has 1 saturated heterocycles. The lowest BCUT2D eigenvalue weighted by atomic mass is 10.00. The van der Waals surface area contributed by atoms with Crippen molar-refractivity contribution in [1.82, 2.24) is 10.2 Å². The van der Waals surface area contributed by atoms with Crippen LogP contribution in [0.25, 0.3) is 0 Å². The van der Waals surface area contributed by atoms with Gasteiger partial charge in [-0.3, -0.25) is 0 Å². The first-order valence-electron chi connectivity index (χ1n) is 7.33. The van der Waals surface area contributed by atoms with Crippen LogP contribution in [0, 0.1) is 0 Å². The summed E-state index contributed by atoms with van der Waals surface area (Å²) in [5.74, 6) is 0. The standard InChI is InChI=1S/C17H19ClN2S/c1-12(7-8-13-5-3-2-4-6-13)20-16-10-9-14(18)11-15(16)19-17(20)21/h2-6,9-12,15-16H,7-8H2,1H3,(H,19,21). The number of rotatable bonds is 4. The zero-order valence-corrected chi connectivity index (χ0v) is 13.6. The Morgan fingerprint density at radius 1 is 1.33 bits per heavy atom. The van der Waals surface area contributed by atoms with Gasteiger partial charge in [-0.15, -0.1) is 0 Å². The molecule has 1 aliphatic heterocycles. The molecule has 0 aromatic heterocycles. The maximum absolute atomic E-state index is 6.07. The van der Waals surface area contributed by atoms with E-state index in [1.165, 1.54) is 5.56 Å². The average Bonchev–Trinajstić information content (AvgIpc) is 2.81. The number of thiocarbonyl (C=S) groups is 1. The van der Waals surface area contributed by atoms with Crippen LogP contribution in [0.3, 0.4) is 0 Å². The predicted octanol–water partition coefficient (Wildman–Crippen LogP) is 3.63. The number of allylic oxidation sites excluding steroid dienone is 2. The molecule has 110 valence electrons. The summed E-state index contributed by atoms with van der Waals surface area (Å²) in [6, 6.07) is 11.5. The van der Waals surface area contributed by atoms with Crippen LogP contribution in [0.15, 0.2) is 53.6 Å². The molecule has 1 heterocycles. The highest BCUT2D eigenvalue weighted by Gasteiger charge is 2.37. The van der Waals surface area contributed by atoms with Gasteiger partial charge in [-0.25, -0.2) is 0 Å². The molecule has 0 amide bonds. The zero-order chi connectivity index (χ0) is 14.8. The molecule has 1 aromatic carbocycles. The molecule has 1 aliphatic carbocycles. The fourth-order valence-corrected chi connectivity index (χ4v) is 3.68. The molecule has 3 unspecified atom stereocenters. The van der Waals surface area contributed by atoms with Crippen LogP contribution in [0.1, 0.15) is 18.9 Å². The van der Waals surface area contributed by atoms with Gasteiger partial charge in [0, 0.05) is 11.1 Å². The molecular weight excluding hydrogens is 300 g/mol. The van der Waals surface area contributed by atoms with Crippen molar-refractivity contribution in [3.05, 3.63) is 59.2 Å². The zero-order valence-electron chi connectivity index (χ0n) is 12.0. The van der Waals surface area contributed by atoms with Crippen LogP contribution < -0.4 is 5.32 Å². The SMILES string of the molecule is CC(CCc1ccccc1)N1C(=S)NC2C=C(Cl)C=CC21. The van der Waals surface area contributed by atoms with E-state index in [1.807, 2.05) is 12.2 Å². The summed E-state index contributed by atoms with van der Waals surface area (Å²) in [5, 5.41) is 4.97. The Morgan fingerprint density at radius 2 is 2.10 bits per heavy atom. The Morgan fingerprint density at radius 3 is 2.86 bits per heavy atom. The Kier molecular flexibility index (Phi) is 4.32. The fourth-order valence-electron chi connectivity index (χ4n) is 3.03. The molecule has 0 spiro atoms. The topological polar surface area (TPSA) is 15.3 Å². The monoisotopic (exact) mass is 318 g/mol. The number of hydrogen-bond acceptors (Lipinski definition) is 1. The predicted molar refractivity (Wildman–Crippen MR) is 92.4 cm³/mol. The molecular formula is C17H19ClN2S. The smallest absolute Gasteiger partial charge is 0.170 e. The van der Waals surface area contributed by atoms with E-state index in [9.17, 15) is 0 Å². The molecule has 0 saturated carbocycles. The van der Waals surface area contributed by atoms with Gasteiger partial charge < -0.3 is 10.2 Å². The number of hydrogen-bond donors (Lipinski definition) is 1. The Balaban J connectivity index is 1.66. The molecule has 1 fully saturated rings. The van der Waals surface area contributed by atoms with Gasteiger partial charge in [0.1, 0.15) is 0 Å². The van der Waals surface area contributed by atoms with Crippen LogP contribution in [0.4, 0.5) is 0 Å². The Hall–Kier alpha value is -1.32. The van der Waals surface area contributed by atoms with Crippen molar-refractivity contribution < 1.29 is 0 Å². The summed E-state index contributed by atoms with van der Waals surface area (Å²) in [7, 11) is 0. The highest BCUT2D eigenvalue weighted by molar-refractivity contribution is 7.80. The van der Waals surface area contributed by atoms with Crippen molar-refractivity contribution in [2.75, 3.05) is 0 Å². The van der Waals surface area contributed by atoms with E-state index in [0.29, 0.717) is 6.04 Å². The molecule has 3 rings (SSSR count). The molecule has 2 aliphatic rings. The number of nitrogens with one attached hydrogen (secondary N) is 1. The summed E-state index contributed by atoms with van der Waals surface area (Å²) < 4.78 is 0. The van der Waals surface area contributed by atoms with Gasteiger partial charge in [0.25, 0.3) is 0 Å². The second-order valence-electron chi connectivity index (χ2n) is 5.66. The maximum atomic E-state index is 6.07. The van der Waals surface area contributed by atoms with Crippen molar-refractivity contribution in [2.45, 2.75) is 37.9 Å². The van der Waals surface area contributed by atoms with E-state index in [0.717, 1.165) is 23.0 Å². The minimum atomic E-state index is 0.203. The lowest BCUT2D eigenvalue weighted by molar-refractivity contribution is 0.290. The third-order valence-corrected chi connectivity index (χ3v) is 4.75. The van der Waals surface area contributed by atoms with E-state index in [4.69, 9.17) is 23.8 Å². The minimum Gasteiger partial charge on any atom is -0.354 e. The van der Waals surface area contributed by atoms with Gasteiger partial charge in [-0.1, -0.05) is 48.0 Å². The van der Waals surface area contributed by atoms with Crippen LogP contribution in [0.2, 0.25) is 0 Å². The van der Waals surface area contributed by atoms with Crippen molar-refractivity contribution in [3.63, 3.8) is 0 Å². The van der Waals surface area contributed by atoms with E-state index in [-0.39, 0.29) is 12.1 Å². The van der Waals surface area contributed by atoms with Gasteiger partial charge in [-0.2, -0.15) is 0 Å². The van der Waals surface area contributed by atoms with Crippen molar-refractivity contribution in [2.24, 2.45) is 0 Å². The second-order valence-corrected chi connectivity index (χ2v) is 6.48. The molecule has 1 aromatic rings. The summed E-state index contributed by atoms with van der Waals surface area (Å²) in [6.07, 6.45) is 8.31. The minimum absolute atomic E-state index is 0.203. The third-order valence-electron chi connectivity index (χ3n) is 4.17. The normalized spacial score (nSPS) is 25.3. The van der Waals surface area contributed by atoms with Crippen molar-refractivity contribution in [3.8, 4) is 0 Å². The van der Waals surface area contributed by atoms with E-state index in [1.54, 1.807) is 0 Å². The Labute approximate surface area is 136 Å². The number of aryl methyl sites for hydroxylation is 1. The number of halogens is 1. The first kappa shape index (κ1) is 14.6. The first-order valence-corrected chi connectivity index (χ1v) is 8.12. The van der Waals surface area contributed by atoms with Gasteiger partial charge in [0.2, 0.25) is 0 Å². The number of nitrogens with zero attached hydrogens (tertiary/aromatic N) is 1. The number of benzene rings is 1. The summed E-state index contributed by atoms with van der Waals surface area (Å²) in [4.78, 5) is 2.30. The van der Waals surface area contributed by atoms with Crippen molar-refractivity contribution >= 4 is 28.9 Å². The summed E-state index contributed by atoms with van der Waals surface area (Å²) in [5.41, 5.74) is 1.38. The van der Waals surface area contributed by atoms with Crippen LogP contribution in [-0.2, 0) is 6.42 Å². The van der Waals surface area contributed by atoms with Gasteiger partial charge in [-0.05, 0) is 49.7 Å². The molecule has 0 bridgehead atoms. The second kappa shape index (κ2) is 6.20. The molecule has 1 N–H and O–H groups in total. The lowest BCUT2D eigenvalue weighted by Crippen LogP contribution is -2.42. The first-order chi connectivity index (χ1) is 10.1. The fraction of sp³-hybridized carbons (Fsp3) is 0.353. The molecule has 4 heteroatoms. The van der Waals surface area contributed by atoms with E-state index >= 15 is 0 Å². The highest BCUT2D eigenvalue weighted by atomic mass is 35.5. The molecule has 21 heavy (non-hydrogen) atoms. The van der Waals surface area contributed by atoms with Gasteiger partial charge >= 0.3 is 0 Å². The van der Waals surface area contributed by atoms with Crippen LogP contribution >= 0.6 is 23.8 Å². The Bertz CT molecular complexity index is 582. The molecule has 0 radical (unpaired) electrons. The average molecular weight is 319 g/mol. The van der Waals surface area contributed by atoms with Crippen LogP contribution in [-0.4, -0.2) is 28.1 Å². The largest absolute Gasteiger partial charge is 0.354 e. The third kappa shape index (κ3) is 3.14.